The van der Waals surface area contributed by atoms with E-state index in [1.54, 1.807) is 0 Å². The first-order valence-corrected chi connectivity index (χ1v) is 13.5. The van der Waals surface area contributed by atoms with Crippen LogP contribution in [-0.4, -0.2) is 0 Å². The third-order valence-electron chi connectivity index (χ3n) is 4.77. The Labute approximate surface area is 212 Å². The average Bonchev–Trinajstić information content (AvgIpc) is 3.29. The smallest absolute Gasteiger partial charge is 0.0488 e. The molecule has 0 unspecified atom stereocenters. The Bertz CT molecular complexity index is 1500. The minimum atomic E-state index is 1.15. The summed E-state index contributed by atoms with van der Waals surface area (Å²) in [6, 6.07) is 28.1. The normalized spacial score (nSPS) is 11.3. The maximum atomic E-state index is 3.52. The minimum Gasteiger partial charge on any atom is -0.134 e. The highest BCUT2D eigenvalue weighted by Crippen LogP contribution is 2.38. The van der Waals surface area contributed by atoms with Crippen LogP contribution in [0.1, 0.15) is 0 Å². The number of halogens is 3. The number of rotatable bonds is 0. The zero-order valence-electron chi connectivity index (χ0n) is 15.0. The molecule has 0 radical (unpaired) electrons. The molecule has 0 spiro atoms. The quantitative estimate of drug-likeness (QED) is 0.139. The van der Waals surface area contributed by atoms with Crippen molar-refractivity contribution in [1.29, 1.82) is 0 Å². The Kier molecular flexibility index (Phi) is 5.86. The van der Waals surface area contributed by atoms with Crippen LogP contribution in [0.15, 0.2) is 83.3 Å². The van der Waals surface area contributed by atoms with Crippen LogP contribution in [0.4, 0.5) is 0 Å². The lowest BCUT2D eigenvalue weighted by molar-refractivity contribution is 1.76. The second-order valence-corrected chi connectivity index (χ2v) is 11.9. The van der Waals surface area contributed by atoms with Crippen molar-refractivity contribution in [2.24, 2.45) is 0 Å². The fraction of sp³-hybridized carbons (Fsp3) is 0. The summed E-state index contributed by atoms with van der Waals surface area (Å²) >= 11 is 12.1. The maximum Gasteiger partial charge on any atom is 0.0488 e. The second-order valence-electron chi connectivity index (χ2n) is 6.57. The summed E-state index contributed by atoms with van der Waals surface area (Å²) in [7, 11) is 0. The number of hydrogen-bond donors (Lipinski definition) is 0. The van der Waals surface area contributed by atoms with E-state index in [0.29, 0.717) is 0 Å². The fourth-order valence-electron chi connectivity index (χ4n) is 3.45. The van der Waals surface area contributed by atoms with Gasteiger partial charge in [0.05, 0.1) is 0 Å². The molecule has 0 amide bonds. The predicted octanol–water partition coefficient (Wildman–Crippen LogP) is 10.1. The van der Waals surface area contributed by atoms with Crippen molar-refractivity contribution in [3.8, 4) is 0 Å². The Balaban J connectivity index is 0.000000125. The molecule has 29 heavy (non-hydrogen) atoms. The van der Waals surface area contributed by atoms with Gasteiger partial charge >= 0.3 is 0 Å². The summed E-state index contributed by atoms with van der Waals surface area (Å²) in [5.41, 5.74) is 0. The molecule has 142 valence electrons. The topological polar surface area (TPSA) is 0 Å². The van der Waals surface area contributed by atoms with Gasteiger partial charge in [-0.25, -0.2) is 0 Å². The first kappa shape index (κ1) is 20.2. The van der Waals surface area contributed by atoms with Crippen molar-refractivity contribution in [2.75, 3.05) is 0 Å². The molecule has 0 nitrogen and oxygen atoms in total. The summed E-state index contributed by atoms with van der Waals surface area (Å²) in [5.74, 6) is 0. The summed E-state index contributed by atoms with van der Waals surface area (Å²) in [5, 5.41) is 5.48. The highest BCUT2D eigenvalue weighted by atomic mass is 127. The SMILES string of the molecule is Brc1ccc2sc3c(I)cccc3c2c1.Ic1cccc2c1sc1ccccc12. The van der Waals surface area contributed by atoms with Gasteiger partial charge in [-0.15, -0.1) is 22.7 Å². The average molecular weight is 699 g/mol. The lowest BCUT2D eigenvalue weighted by atomic mass is 10.2. The number of hydrogen-bond acceptors (Lipinski definition) is 2. The van der Waals surface area contributed by atoms with Gasteiger partial charge in [-0.2, -0.15) is 0 Å². The first-order valence-electron chi connectivity index (χ1n) is 8.94. The van der Waals surface area contributed by atoms with Crippen LogP contribution in [0.5, 0.6) is 0 Å². The van der Waals surface area contributed by atoms with Crippen molar-refractivity contribution >= 4 is 124 Å². The number of benzene rings is 4. The van der Waals surface area contributed by atoms with Gasteiger partial charge in [-0.05, 0) is 81.6 Å². The van der Waals surface area contributed by atoms with Crippen LogP contribution in [-0.2, 0) is 0 Å². The molecule has 0 aliphatic heterocycles. The molecule has 0 atom stereocenters. The van der Waals surface area contributed by atoms with E-state index in [2.05, 4.69) is 140 Å². The van der Waals surface area contributed by atoms with Gasteiger partial charge in [0.1, 0.15) is 0 Å². The van der Waals surface area contributed by atoms with E-state index in [4.69, 9.17) is 0 Å². The molecular weight excluding hydrogens is 686 g/mol. The molecule has 0 aliphatic carbocycles. The van der Waals surface area contributed by atoms with Crippen LogP contribution in [0.25, 0.3) is 40.3 Å². The van der Waals surface area contributed by atoms with Crippen molar-refractivity contribution in [3.63, 3.8) is 0 Å². The summed E-state index contributed by atoms with van der Waals surface area (Å²) in [6.45, 7) is 0. The van der Waals surface area contributed by atoms with Crippen LogP contribution in [0.2, 0.25) is 0 Å². The Morgan fingerprint density at radius 2 is 1.10 bits per heavy atom. The van der Waals surface area contributed by atoms with Crippen LogP contribution in [0, 0.1) is 7.14 Å². The predicted molar refractivity (Wildman–Crippen MR) is 152 cm³/mol. The van der Waals surface area contributed by atoms with Gasteiger partial charge in [-0.1, -0.05) is 58.4 Å². The lowest BCUT2D eigenvalue weighted by Crippen LogP contribution is -1.70. The Morgan fingerprint density at radius 1 is 0.552 bits per heavy atom. The molecule has 6 aromatic rings. The van der Waals surface area contributed by atoms with Gasteiger partial charge < -0.3 is 0 Å². The maximum absolute atomic E-state index is 3.52. The molecule has 6 rings (SSSR count). The molecule has 0 saturated carbocycles. The monoisotopic (exact) mass is 698 g/mol. The van der Waals surface area contributed by atoms with E-state index in [1.807, 2.05) is 22.7 Å². The molecule has 0 saturated heterocycles. The molecular formula is C24H13BrI2S2. The van der Waals surface area contributed by atoms with Gasteiger partial charge in [0.25, 0.3) is 0 Å². The molecule has 0 bridgehead atoms. The van der Waals surface area contributed by atoms with E-state index in [1.165, 1.54) is 47.5 Å². The van der Waals surface area contributed by atoms with Gasteiger partial charge in [0.2, 0.25) is 0 Å². The van der Waals surface area contributed by atoms with Crippen LogP contribution < -0.4 is 0 Å². The second kappa shape index (κ2) is 8.42. The third kappa shape index (κ3) is 3.84. The number of thiophene rings is 2. The summed E-state index contributed by atoms with van der Waals surface area (Å²) < 4.78 is 9.38. The van der Waals surface area contributed by atoms with E-state index >= 15 is 0 Å². The minimum absolute atomic E-state index is 1.15. The fourth-order valence-corrected chi connectivity index (χ4v) is 7.66. The molecule has 0 aliphatic rings. The Hall–Kier alpha value is -0.740. The third-order valence-corrected chi connectivity index (χ3v) is 10.2. The summed E-state index contributed by atoms with van der Waals surface area (Å²) in [6.07, 6.45) is 0. The molecule has 4 aromatic carbocycles. The standard InChI is InChI=1S/C12H6BrIS.C12H7IS/c13-7-4-5-11-9(6-7)8-2-1-3-10(14)12(8)15-11;13-10-6-3-5-9-8-4-1-2-7-11(8)14-12(9)10/h1-6H;1-7H. The van der Waals surface area contributed by atoms with E-state index in [0.717, 1.165) is 4.47 Å². The largest absolute Gasteiger partial charge is 0.134 e. The van der Waals surface area contributed by atoms with Gasteiger partial charge in [0, 0.05) is 52.0 Å². The van der Waals surface area contributed by atoms with E-state index < -0.39 is 0 Å². The highest BCUT2D eigenvalue weighted by Gasteiger charge is 2.07. The molecule has 0 fully saturated rings. The highest BCUT2D eigenvalue weighted by molar-refractivity contribution is 14.1. The van der Waals surface area contributed by atoms with Gasteiger partial charge in [0.15, 0.2) is 0 Å². The van der Waals surface area contributed by atoms with Crippen LogP contribution in [0.3, 0.4) is 0 Å². The van der Waals surface area contributed by atoms with Crippen LogP contribution >= 0.6 is 83.8 Å². The molecule has 5 heteroatoms. The zero-order chi connectivity index (χ0) is 20.0. The van der Waals surface area contributed by atoms with E-state index in [9.17, 15) is 0 Å². The molecule has 2 heterocycles. The van der Waals surface area contributed by atoms with Crippen molar-refractivity contribution in [3.05, 3.63) is 90.5 Å². The lowest BCUT2D eigenvalue weighted by Gasteiger charge is -1.93. The van der Waals surface area contributed by atoms with E-state index in [-0.39, 0.29) is 0 Å². The van der Waals surface area contributed by atoms with Crippen molar-refractivity contribution in [2.45, 2.75) is 0 Å². The summed E-state index contributed by atoms with van der Waals surface area (Å²) in [4.78, 5) is 0. The Morgan fingerprint density at radius 3 is 1.79 bits per heavy atom. The van der Waals surface area contributed by atoms with Crippen molar-refractivity contribution in [1.82, 2.24) is 0 Å². The van der Waals surface area contributed by atoms with Crippen molar-refractivity contribution < 1.29 is 0 Å². The van der Waals surface area contributed by atoms with Gasteiger partial charge in [-0.3, -0.25) is 0 Å². The first-order chi connectivity index (χ1) is 14.1. The molecule has 0 N–H and O–H groups in total. The molecule has 2 aromatic heterocycles. The zero-order valence-corrected chi connectivity index (χ0v) is 22.5. The number of fused-ring (bicyclic) bond motifs is 6.